The number of hydrogen-bond donors (Lipinski definition) is 0. The van der Waals surface area contributed by atoms with E-state index in [1.807, 2.05) is 7.05 Å². The Morgan fingerprint density at radius 2 is 1.92 bits per heavy atom. The van der Waals surface area contributed by atoms with Crippen molar-refractivity contribution in [2.24, 2.45) is 0 Å². The van der Waals surface area contributed by atoms with Gasteiger partial charge in [-0.05, 0) is 43.7 Å². The van der Waals surface area contributed by atoms with E-state index in [4.69, 9.17) is 9.47 Å². The summed E-state index contributed by atoms with van der Waals surface area (Å²) in [6, 6.07) is 2.65. The Kier molecular flexibility index (Phi) is 5.41. The lowest BCUT2D eigenvalue weighted by Gasteiger charge is -2.31. The number of ether oxygens (including phenoxy) is 2. The molecule has 1 fully saturated rings. The monoisotopic (exact) mass is 370 g/mol. The highest BCUT2D eigenvalue weighted by Gasteiger charge is 2.38. The Hall–Kier alpha value is -2.22. The number of amides is 1. The second-order valence-corrected chi connectivity index (χ2v) is 6.44. The molecule has 0 aromatic heterocycles. The molecule has 1 aromatic carbocycles. The van der Waals surface area contributed by atoms with E-state index in [0.717, 1.165) is 19.2 Å². The number of fused-ring (bicyclic) bond motifs is 1. The van der Waals surface area contributed by atoms with Crippen molar-refractivity contribution >= 4 is 5.91 Å². The number of nitrogens with zero attached hydrogens (tertiary/aromatic N) is 2. The first-order chi connectivity index (χ1) is 12.3. The number of piperazine rings is 1. The third kappa shape index (κ3) is 4.30. The Morgan fingerprint density at radius 1 is 1.19 bits per heavy atom. The van der Waals surface area contributed by atoms with Crippen molar-refractivity contribution < 1.29 is 27.4 Å². The van der Waals surface area contributed by atoms with Gasteiger partial charge in [0.15, 0.2) is 11.5 Å². The lowest BCUT2D eigenvalue weighted by Crippen LogP contribution is -2.46. The van der Waals surface area contributed by atoms with E-state index < -0.39 is 11.7 Å². The zero-order chi connectivity index (χ0) is 18.7. The maximum Gasteiger partial charge on any atom is 0.420 e. The number of halogens is 3. The van der Waals surface area contributed by atoms with E-state index in [-0.39, 0.29) is 24.2 Å². The van der Waals surface area contributed by atoms with Gasteiger partial charge in [0.05, 0.1) is 0 Å². The molecule has 1 amide bonds. The van der Waals surface area contributed by atoms with Crippen LogP contribution in [0.25, 0.3) is 0 Å². The zero-order valence-corrected chi connectivity index (χ0v) is 14.5. The summed E-state index contributed by atoms with van der Waals surface area (Å²) in [5.74, 6) is -0.186. The second-order valence-electron chi connectivity index (χ2n) is 6.44. The molecule has 0 bridgehead atoms. The molecule has 0 saturated carbocycles. The molecule has 0 unspecified atom stereocenters. The van der Waals surface area contributed by atoms with Crippen LogP contribution in [-0.4, -0.2) is 55.7 Å². The molecule has 0 N–H and O–H groups in total. The first-order valence-corrected chi connectivity index (χ1v) is 8.48. The van der Waals surface area contributed by atoms with Crippen LogP contribution in [0.2, 0.25) is 0 Å². The molecular formula is C18H21F3N2O3. The molecular weight excluding hydrogens is 349 g/mol. The fourth-order valence-corrected chi connectivity index (χ4v) is 2.99. The van der Waals surface area contributed by atoms with Crippen LogP contribution in [0, 0.1) is 0 Å². The molecule has 1 aromatic rings. The number of rotatable bonds is 4. The second kappa shape index (κ2) is 7.57. The number of carbonyl (C=O) groups is 1. The van der Waals surface area contributed by atoms with Gasteiger partial charge in [0.2, 0.25) is 12.7 Å². The minimum Gasteiger partial charge on any atom is -0.454 e. The summed E-state index contributed by atoms with van der Waals surface area (Å²) in [7, 11) is 2.01. The maximum atomic E-state index is 13.1. The minimum atomic E-state index is -4.50. The summed E-state index contributed by atoms with van der Waals surface area (Å²) in [5, 5.41) is 0. The summed E-state index contributed by atoms with van der Waals surface area (Å²) in [6.07, 6.45) is -0.439. The molecule has 0 spiro atoms. The number of allylic oxidation sites excluding steroid dienone is 1. The van der Waals surface area contributed by atoms with Gasteiger partial charge in [-0.15, -0.1) is 0 Å². The van der Waals surface area contributed by atoms with Crippen molar-refractivity contribution in [2.75, 3.05) is 40.0 Å². The fraction of sp³-hybridized carbons (Fsp3) is 0.500. The van der Waals surface area contributed by atoms with Gasteiger partial charge < -0.3 is 19.3 Å². The van der Waals surface area contributed by atoms with Gasteiger partial charge in [-0.1, -0.05) is 6.08 Å². The highest BCUT2D eigenvalue weighted by molar-refractivity contribution is 5.87. The SMILES string of the molecule is CN1CCN(C(=O)/C=C/CCc2cc3c(c(C(F)(F)F)c2)OCO3)CC1. The van der Waals surface area contributed by atoms with Crippen molar-refractivity contribution in [3.63, 3.8) is 0 Å². The molecule has 2 aliphatic rings. The van der Waals surface area contributed by atoms with Gasteiger partial charge in [0, 0.05) is 26.2 Å². The topological polar surface area (TPSA) is 42.0 Å². The summed E-state index contributed by atoms with van der Waals surface area (Å²) >= 11 is 0. The summed E-state index contributed by atoms with van der Waals surface area (Å²) in [5.41, 5.74) is -0.321. The van der Waals surface area contributed by atoms with Gasteiger partial charge in [0.25, 0.3) is 0 Å². The van der Waals surface area contributed by atoms with E-state index in [2.05, 4.69) is 4.90 Å². The quantitative estimate of drug-likeness (QED) is 0.765. The molecule has 0 radical (unpaired) electrons. The Labute approximate surface area is 150 Å². The van der Waals surface area contributed by atoms with Crippen molar-refractivity contribution in [3.05, 3.63) is 35.4 Å². The number of hydrogen-bond acceptors (Lipinski definition) is 4. The summed E-state index contributed by atoms with van der Waals surface area (Å²) in [4.78, 5) is 16.0. The van der Waals surface area contributed by atoms with Crippen LogP contribution in [-0.2, 0) is 17.4 Å². The number of benzene rings is 1. The fourth-order valence-electron chi connectivity index (χ4n) is 2.99. The van der Waals surface area contributed by atoms with Crippen molar-refractivity contribution in [2.45, 2.75) is 19.0 Å². The Morgan fingerprint density at radius 3 is 2.62 bits per heavy atom. The first-order valence-electron chi connectivity index (χ1n) is 8.48. The van der Waals surface area contributed by atoms with Crippen LogP contribution in [0.1, 0.15) is 17.5 Å². The molecule has 2 aliphatic heterocycles. The van der Waals surface area contributed by atoms with Crippen LogP contribution < -0.4 is 9.47 Å². The van der Waals surface area contributed by atoms with Crippen LogP contribution in [0.5, 0.6) is 11.5 Å². The molecule has 8 heteroatoms. The molecule has 0 aliphatic carbocycles. The smallest absolute Gasteiger partial charge is 0.420 e. The highest BCUT2D eigenvalue weighted by Crippen LogP contribution is 2.45. The summed E-state index contributed by atoms with van der Waals surface area (Å²) < 4.78 is 49.5. The van der Waals surface area contributed by atoms with Crippen molar-refractivity contribution in [1.29, 1.82) is 0 Å². The number of likely N-dealkylation sites (N-methyl/N-ethyl adjacent to an activating group) is 1. The van der Waals surface area contributed by atoms with E-state index in [9.17, 15) is 18.0 Å². The van der Waals surface area contributed by atoms with Gasteiger partial charge in [-0.25, -0.2) is 0 Å². The molecule has 0 atom stereocenters. The zero-order valence-electron chi connectivity index (χ0n) is 14.5. The van der Waals surface area contributed by atoms with E-state index >= 15 is 0 Å². The standard InChI is InChI=1S/C18H21F3N2O3/c1-22-6-8-23(9-7-22)16(24)5-3-2-4-13-10-14(18(19,20)21)17-15(11-13)25-12-26-17/h3,5,10-11H,2,4,6-9,12H2,1H3/b5-3+. The molecule has 3 rings (SSSR count). The number of aryl methyl sites for hydroxylation is 1. The predicted molar refractivity (Wildman–Crippen MR) is 89.1 cm³/mol. The van der Waals surface area contributed by atoms with E-state index in [1.54, 1.807) is 17.0 Å². The molecule has 5 nitrogen and oxygen atoms in total. The lowest BCUT2D eigenvalue weighted by molar-refractivity contribution is -0.138. The van der Waals surface area contributed by atoms with Crippen molar-refractivity contribution in [1.82, 2.24) is 9.80 Å². The van der Waals surface area contributed by atoms with Gasteiger partial charge in [-0.3, -0.25) is 4.79 Å². The predicted octanol–water partition coefficient (Wildman–Crippen LogP) is 2.70. The largest absolute Gasteiger partial charge is 0.454 e. The molecule has 142 valence electrons. The van der Waals surface area contributed by atoms with Crippen LogP contribution in [0.4, 0.5) is 13.2 Å². The van der Waals surface area contributed by atoms with Gasteiger partial charge in [-0.2, -0.15) is 13.2 Å². The molecule has 1 saturated heterocycles. The summed E-state index contributed by atoms with van der Waals surface area (Å²) in [6.45, 7) is 2.86. The normalized spacial score (nSPS) is 17.9. The molecule has 26 heavy (non-hydrogen) atoms. The van der Waals surface area contributed by atoms with Crippen LogP contribution >= 0.6 is 0 Å². The van der Waals surface area contributed by atoms with Gasteiger partial charge >= 0.3 is 6.18 Å². The van der Waals surface area contributed by atoms with Crippen LogP contribution in [0.3, 0.4) is 0 Å². The highest BCUT2D eigenvalue weighted by atomic mass is 19.4. The Balaban J connectivity index is 1.59. The molecule has 2 heterocycles. The third-order valence-corrected chi connectivity index (χ3v) is 4.51. The van der Waals surface area contributed by atoms with Crippen molar-refractivity contribution in [3.8, 4) is 11.5 Å². The first kappa shape index (κ1) is 18.6. The van der Waals surface area contributed by atoms with Crippen LogP contribution in [0.15, 0.2) is 24.3 Å². The Bertz CT molecular complexity index is 696. The van der Waals surface area contributed by atoms with E-state index in [0.29, 0.717) is 31.5 Å². The average molecular weight is 370 g/mol. The minimum absolute atomic E-state index is 0.0558. The number of alkyl halides is 3. The van der Waals surface area contributed by atoms with Gasteiger partial charge in [0.1, 0.15) is 5.56 Å². The average Bonchev–Trinajstić information content (AvgIpc) is 3.06. The number of carbonyl (C=O) groups excluding carboxylic acids is 1. The maximum absolute atomic E-state index is 13.1. The van der Waals surface area contributed by atoms with E-state index in [1.165, 1.54) is 6.08 Å². The lowest BCUT2D eigenvalue weighted by atomic mass is 10.0. The third-order valence-electron chi connectivity index (χ3n) is 4.51.